The highest BCUT2D eigenvalue weighted by Crippen LogP contribution is 2.28. The number of nitrogens with one attached hydrogen (secondary N) is 1. The number of amides is 2. The molecule has 0 bridgehead atoms. The van der Waals surface area contributed by atoms with Crippen LogP contribution in [0, 0.1) is 13.8 Å². The predicted octanol–water partition coefficient (Wildman–Crippen LogP) is 6.79. The molecule has 11 heteroatoms. The van der Waals surface area contributed by atoms with E-state index >= 15 is 0 Å². The molecule has 220 valence electrons. The van der Waals surface area contributed by atoms with Crippen LogP contribution < -0.4 is 9.62 Å². The highest BCUT2D eigenvalue weighted by Gasteiger charge is 2.34. The molecule has 3 aromatic rings. The fraction of sp³-hybridized carbons (Fsp3) is 0.333. The molecule has 3 rings (SSSR count). The molecule has 0 saturated heterocycles. The maximum atomic E-state index is 14.1. The Balaban J connectivity index is 2.11. The van der Waals surface area contributed by atoms with Gasteiger partial charge in [-0.1, -0.05) is 53.9 Å². The minimum Gasteiger partial charge on any atom is -0.352 e. The van der Waals surface area contributed by atoms with Gasteiger partial charge in [0, 0.05) is 27.7 Å². The number of halogens is 3. The van der Waals surface area contributed by atoms with E-state index in [0.29, 0.717) is 32.7 Å². The summed E-state index contributed by atoms with van der Waals surface area (Å²) in [6.45, 7) is 8.65. The summed E-state index contributed by atoms with van der Waals surface area (Å²) in [5.41, 5.74) is 2.72. The molecular formula is C30H34Cl3N3O4S. The first-order valence-corrected chi connectivity index (χ1v) is 15.7. The number of carbonyl (C=O) groups is 2. The van der Waals surface area contributed by atoms with Crippen molar-refractivity contribution in [2.45, 2.75) is 64.6 Å². The lowest BCUT2D eigenvalue weighted by atomic mass is 10.1. The summed E-state index contributed by atoms with van der Waals surface area (Å²) >= 11 is 18.5. The Labute approximate surface area is 257 Å². The number of rotatable bonds is 11. The minimum atomic E-state index is -4.20. The Morgan fingerprint density at radius 3 is 2.07 bits per heavy atom. The standard InChI is InChI=1S/C30H34Cl3N3O4S/c1-6-28(30(38)34-19(2)3)35(17-22-8-9-24(32)16-27(22)33)29(37)18-36(25-12-7-20(4)21(5)15-25)41(39,40)26-13-10-23(31)11-14-26/h7-16,19,28H,6,17-18H2,1-5H3,(H,34,38)/t28-/m1/s1. The summed E-state index contributed by atoms with van der Waals surface area (Å²) in [6, 6.07) is 14.8. The van der Waals surface area contributed by atoms with Gasteiger partial charge < -0.3 is 10.2 Å². The van der Waals surface area contributed by atoms with Crippen molar-refractivity contribution < 1.29 is 18.0 Å². The number of anilines is 1. The van der Waals surface area contributed by atoms with Crippen LogP contribution in [0.1, 0.15) is 43.9 Å². The van der Waals surface area contributed by atoms with E-state index in [2.05, 4.69) is 5.32 Å². The number of sulfonamides is 1. The molecule has 1 atom stereocenters. The molecule has 0 aliphatic heterocycles. The van der Waals surface area contributed by atoms with E-state index in [1.807, 2.05) is 27.7 Å². The first-order chi connectivity index (χ1) is 19.2. The first kappa shape index (κ1) is 32.7. The van der Waals surface area contributed by atoms with E-state index < -0.39 is 28.5 Å². The van der Waals surface area contributed by atoms with Gasteiger partial charge in [0.05, 0.1) is 10.6 Å². The van der Waals surface area contributed by atoms with Gasteiger partial charge in [-0.05, 0) is 99.3 Å². The third kappa shape index (κ3) is 8.16. The van der Waals surface area contributed by atoms with Crippen LogP contribution >= 0.6 is 34.8 Å². The number of nitrogens with zero attached hydrogens (tertiary/aromatic N) is 2. The Bertz CT molecular complexity index is 1510. The van der Waals surface area contributed by atoms with Crippen LogP contribution in [0.3, 0.4) is 0 Å². The average Bonchev–Trinajstić information content (AvgIpc) is 2.89. The Kier molecular flexibility index (Phi) is 11.1. The third-order valence-corrected chi connectivity index (χ3v) is 9.26. The lowest BCUT2D eigenvalue weighted by molar-refractivity contribution is -0.140. The topological polar surface area (TPSA) is 86.8 Å². The van der Waals surface area contributed by atoms with Crippen molar-refractivity contribution in [3.63, 3.8) is 0 Å². The number of hydrogen-bond donors (Lipinski definition) is 1. The van der Waals surface area contributed by atoms with Crippen LogP contribution in [0.2, 0.25) is 15.1 Å². The van der Waals surface area contributed by atoms with Crippen LogP contribution in [0.5, 0.6) is 0 Å². The van der Waals surface area contributed by atoms with Gasteiger partial charge in [0.1, 0.15) is 12.6 Å². The van der Waals surface area contributed by atoms with Crippen LogP contribution in [0.15, 0.2) is 65.6 Å². The zero-order valence-corrected chi connectivity index (χ0v) is 26.7. The number of benzene rings is 3. The SMILES string of the molecule is CC[C@H](C(=O)NC(C)C)N(Cc1ccc(Cl)cc1Cl)C(=O)CN(c1ccc(C)c(C)c1)S(=O)(=O)c1ccc(Cl)cc1. The van der Waals surface area contributed by atoms with Crippen molar-refractivity contribution in [3.8, 4) is 0 Å². The molecule has 0 heterocycles. The molecule has 1 N–H and O–H groups in total. The molecule has 41 heavy (non-hydrogen) atoms. The molecule has 7 nitrogen and oxygen atoms in total. The Morgan fingerprint density at radius 2 is 1.51 bits per heavy atom. The molecule has 3 aromatic carbocycles. The molecule has 0 radical (unpaired) electrons. The molecule has 0 saturated carbocycles. The smallest absolute Gasteiger partial charge is 0.264 e. The van der Waals surface area contributed by atoms with Crippen molar-refractivity contribution in [2.75, 3.05) is 10.8 Å². The lowest BCUT2D eigenvalue weighted by Gasteiger charge is -2.34. The van der Waals surface area contributed by atoms with Crippen molar-refractivity contribution in [1.82, 2.24) is 10.2 Å². The molecular weight excluding hydrogens is 605 g/mol. The summed E-state index contributed by atoms with van der Waals surface area (Å²) in [5, 5.41) is 4.00. The summed E-state index contributed by atoms with van der Waals surface area (Å²) in [6.07, 6.45) is 0.295. The van der Waals surface area contributed by atoms with Crippen LogP contribution in [0.25, 0.3) is 0 Å². The maximum Gasteiger partial charge on any atom is 0.264 e. The minimum absolute atomic E-state index is 0.0233. The predicted molar refractivity (Wildman–Crippen MR) is 166 cm³/mol. The molecule has 0 aromatic heterocycles. The van der Waals surface area contributed by atoms with Gasteiger partial charge in [0.2, 0.25) is 11.8 Å². The fourth-order valence-corrected chi connectivity index (χ4v) is 6.28. The normalized spacial score (nSPS) is 12.2. The van der Waals surface area contributed by atoms with Gasteiger partial charge in [-0.15, -0.1) is 0 Å². The summed E-state index contributed by atoms with van der Waals surface area (Å²) < 4.78 is 29.0. The number of aryl methyl sites for hydroxylation is 2. The fourth-order valence-electron chi connectivity index (χ4n) is 4.28. The first-order valence-electron chi connectivity index (χ1n) is 13.1. The highest BCUT2D eigenvalue weighted by molar-refractivity contribution is 7.92. The van der Waals surface area contributed by atoms with Crippen LogP contribution in [-0.4, -0.2) is 43.8 Å². The quantitative estimate of drug-likeness (QED) is 0.251. The third-order valence-electron chi connectivity index (χ3n) is 6.63. The van der Waals surface area contributed by atoms with Crippen LogP contribution in [0.4, 0.5) is 5.69 Å². The van der Waals surface area contributed by atoms with Crippen molar-refractivity contribution >= 4 is 62.3 Å². The summed E-state index contributed by atoms with van der Waals surface area (Å²) in [7, 11) is -4.20. The van der Waals surface area contributed by atoms with E-state index in [1.54, 1.807) is 43.3 Å². The van der Waals surface area contributed by atoms with Gasteiger partial charge in [-0.25, -0.2) is 8.42 Å². The molecule has 0 spiro atoms. The second-order valence-corrected chi connectivity index (χ2v) is 13.2. The highest BCUT2D eigenvalue weighted by atomic mass is 35.5. The van der Waals surface area contributed by atoms with E-state index in [9.17, 15) is 18.0 Å². The zero-order chi connectivity index (χ0) is 30.5. The summed E-state index contributed by atoms with van der Waals surface area (Å²) in [4.78, 5) is 28.7. The van der Waals surface area contributed by atoms with Crippen molar-refractivity contribution in [2.24, 2.45) is 0 Å². The molecule has 0 aliphatic carbocycles. The van der Waals surface area contributed by atoms with E-state index in [1.165, 1.54) is 29.2 Å². The van der Waals surface area contributed by atoms with E-state index in [4.69, 9.17) is 34.8 Å². The average molecular weight is 639 g/mol. The second kappa shape index (κ2) is 13.9. The van der Waals surface area contributed by atoms with Gasteiger partial charge >= 0.3 is 0 Å². The second-order valence-electron chi connectivity index (χ2n) is 10.1. The molecule has 0 fully saturated rings. The van der Waals surface area contributed by atoms with Gasteiger partial charge in [-0.3, -0.25) is 13.9 Å². The maximum absolute atomic E-state index is 14.1. The van der Waals surface area contributed by atoms with Crippen LogP contribution in [-0.2, 0) is 26.2 Å². The van der Waals surface area contributed by atoms with Gasteiger partial charge in [-0.2, -0.15) is 0 Å². The van der Waals surface area contributed by atoms with Crippen molar-refractivity contribution in [1.29, 1.82) is 0 Å². The van der Waals surface area contributed by atoms with Gasteiger partial charge in [0.25, 0.3) is 10.0 Å². The summed E-state index contributed by atoms with van der Waals surface area (Å²) in [5.74, 6) is -0.920. The molecule has 2 amide bonds. The van der Waals surface area contributed by atoms with E-state index in [0.717, 1.165) is 15.4 Å². The Morgan fingerprint density at radius 1 is 0.878 bits per heavy atom. The lowest BCUT2D eigenvalue weighted by Crippen LogP contribution is -2.53. The van der Waals surface area contributed by atoms with Crippen molar-refractivity contribution in [3.05, 3.63) is 92.4 Å². The van der Waals surface area contributed by atoms with E-state index in [-0.39, 0.29) is 23.4 Å². The van der Waals surface area contributed by atoms with Gasteiger partial charge in [0.15, 0.2) is 0 Å². The number of carbonyl (C=O) groups excluding carboxylic acids is 2. The zero-order valence-electron chi connectivity index (χ0n) is 23.6. The monoisotopic (exact) mass is 637 g/mol. The number of hydrogen-bond acceptors (Lipinski definition) is 4. The Hall–Kier alpha value is -2.78. The largest absolute Gasteiger partial charge is 0.352 e. The molecule has 0 unspecified atom stereocenters. The molecule has 0 aliphatic rings.